The van der Waals surface area contributed by atoms with Crippen molar-refractivity contribution in [3.63, 3.8) is 0 Å². The number of carbonyl (C=O) groups is 2. The Labute approximate surface area is 165 Å². The van der Waals surface area contributed by atoms with E-state index in [2.05, 4.69) is 10.6 Å². The molecule has 0 spiro atoms. The van der Waals surface area contributed by atoms with Crippen LogP contribution in [0.3, 0.4) is 0 Å². The van der Waals surface area contributed by atoms with Crippen LogP contribution in [-0.4, -0.2) is 18.4 Å². The minimum absolute atomic E-state index is 0.0494. The largest absolute Gasteiger partial charge is 0.416 e. The van der Waals surface area contributed by atoms with E-state index in [9.17, 15) is 22.8 Å². The summed E-state index contributed by atoms with van der Waals surface area (Å²) in [5.41, 5.74) is 0.135. The van der Waals surface area contributed by atoms with Gasteiger partial charge in [0.1, 0.15) is 0 Å². The highest BCUT2D eigenvalue weighted by molar-refractivity contribution is 5.96. The molecular weight excluding hydrogens is 381 g/mol. The molecular formula is C22H19F3N2O2. The zero-order valence-electron chi connectivity index (χ0n) is 15.6. The van der Waals surface area contributed by atoms with E-state index < -0.39 is 23.6 Å². The Morgan fingerprint density at radius 3 is 2.24 bits per heavy atom. The second-order valence-corrected chi connectivity index (χ2v) is 6.65. The number of benzene rings is 3. The highest BCUT2D eigenvalue weighted by Gasteiger charge is 2.30. The average molecular weight is 400 g/mol. The van der Waals surface area contributed by atoms with Crippen LogP contribution in [0.2, 0.25) is 0 Å². The first-order valence-corrected chi connectivity index (χ1v) is 8.97. The van der Waals surface area contributed by atoms with E-state index >= 15 is 0 Å². The van der Waals surface area contributed by atoms with E-state index in [0.717, 1.165) is 40.6 Å². The SMILES string of the molecule is C[C@H](NC(=O)CNC(=O)c1ccc(C(F)(F)F)cc1)c1ccc2ccccc2c1. The smallest absolute Gasteiger partial charge is 0.348 e. The topological polar surface area (TPSA) is 58.2 Å². The lowest BCUT2D eigenvalue weighted by molar-refractivity contribution is -0.137. The van der Waals surface area contributed by atoms with Crippen LogP contribution in [0.5, 0.6) is 0 Å². The van der Waals surface area contributed by atoms with Crippen LogP contribution in [-0.2, 0) is 11.0 Å². The first-order chi connectivity index (χ1) is 13.7. The summed E-state index contributed by atoms with van der Waals surface area (Å²) in [6.07, 6.45) is -4.46. The van der Waals surface area contributed by atoms with E-state index in [0.29, 0.717) is 0 Å². The number of carbonyl (C=O) groups excluding carboxylic acids is 2. The third kappa shape index (κ3) is 5.13. The van der Waals surface area contributed by atoms with Gasteiger partial charge in [-0.2, -0.15) is 13.2 Å². The number of hydrogen-bond donors (Lipinski definition) is 2. The Morgan fingerprint density at radius 1 is 0.931 bits per heavy atom. The van der Waals surface area contributed by atoms with Crippen molar-refractivity contribution in [2.45, 2.75) is 19.1 Å². The molecule has 1 atom stereocenters. The van der Waals surface area contributed by atoms with E-state index in [4.69, 9.17) is 0 Å². The molecule has 0 saturated heterocycles. The normalized spacial score (nSPS) is 12.4. The van der Waals surface area contributed by atoms with Crippen molar-refractivity contribution < 1.29 is 22.8 Å². The number of rotatable bonds is 5. The quantitative estimate of drug-likeness (QED) is 0.664. The van der Waals surface area contributed by atoms with Crippen LogP contribution >= 0.6 is 0 Å². The molecule has 7 heteroatoms. The van der Waals surface area contributed by atoms with Gasteiger partial charge in [0, 0.05) is 5.56 Å². The van der Waals surface area contributed by atoms with Gasteiger partial charge in [0.2, 0.25) is 5.91 Å². The van der Waals surface area contributed by atoms with Crippen LogP contribution in [0.1, 0.15) is 34.5 Å². The van der Waals surface area contributed by atoms with E-state index in [1.807, 2.05) is 49.4 Å². The molecule has 0 fully saturated rings. The minimum atomic E-state index is -4.46. The van der Waals surface area contributed by atoms with Gasteiger partial charge in [0.15, 0.2) is 0 Å². The van der Waals surface area contributed by atoms with E-state index in [-0.39, 0.29) is 18.2 Å². The van der Waals surface area contributed by atoms with Crippen molar-refractivity contribution in [1.29, 1.82) is 0 Å². The molecule has 0 radical (unpaired) electrons. The molecule has 2 amide bonds. The summed E-state index contributed by atoms with van der Waals surface area (Å²) in [5.74, 6) is -1.02. The molecule has 0 bridgehead atoms. The predicted molar refractivity (Wildman–Crippen MR) is 104 cm³/mol. The Morgan fingerprint density at radius 2 is 1.59 bits per heavy atom. The Kier molecular flexibility index (Phi) is 5.87. The minimum Gasteiger partial charge on any atom is -0.348 e. The van der Waals surface area contributed by atoms with Gasteiger partial charge < -0.3 is 10.6 Å². The molecule has 29 heavy (non-hydrogen) atoms. The van der Waals surface area contributed by atoms with Gasteiger partial charge in [-0.1, -0.05) is 36.4 Å². The molecule has 0 unspecified atom stereocenters. The number of alkyl halides is 3. The Balaban J connectivity index is 1.55. The van der Waals surface area contributed by atoms with Crippen LogP contribution in [0, 0.1) is 0 Å². The van der Waals surface area contributed by atoms with Crippen LogP contribution in [0.4, 0.5) is 13.2 Å². The number of nitrogens with one attached hydrogen (secondary N) is 2. The Bertz CT molecular complexity index is 1030. The molecule has 2 N–H and O–H groups in total. The highest BCUT2D eigenvalue weighted by Crippen LogP contribution is 2.29. The van der Waals surface area contributed by atoms with Gasteiger partial charge in [-0.25, -0.2) is 0 Å². The zero-order chi connectivity index (χ0) is 21.0. The van der Waals surface area contributed by atoms with E-state index in [1.54, 1.807) is 0 Å². The fourth-order valence-corrected chi connectivity index (χ4v) is 2.93. The molecule has 0 saturated carbocycles. The fraction of sp³-hybridized carbons (Fsp3) is 0.182. The van der Waals surface area contributed by atoms with Gasteiger partial charge >= 0.3 is 6.18 Å². The van der Waals surface area contributed by atoms with Gasteiger partial charge in [0.25, 0.3) is 5.91 Å². The molecule has 3 aromatic carbocycles. The molecule has 0 aliphatic heterocycles. The standard InChI is InChI=1S/C22H19F3N2O2/c1-14(17-7-6-15-4-2-3-5-18(15)12-17)27-20(28)13-26-21(29)16-8-10-19(11-9-16)22(23,24)25/h2-12,14H,13H2,1H3,(H,26,29)(H,27,28)/t14-/m0/s1. The molecule has 3 aromatic rings. The maximum absolute atomic E-state index is 12.6. The third-order valence-corrected chi connectivity index (χ3v) is 4.53. The maximum Gasteiger partial charge on any atom is 0.416 e. The van der Waals surface area contributed by atoms with Crippen molar-refractivity contribution in [1.82, 2.24) is 10.6 Å². The summed E-state index contributed by atoms with van der Waals surface area (Å²) in [4.78, 5) is 24.2. The molecule has 0 aromatic heterocycles. The summed E-state index contributed by atoms with van der Waals surface area (Å²) in [6.45, 7) is 1.55. The van der Waals surface area contributed by atoms with Gasteiger partial charge in [-0.3, -0.25) is 9.59 Å². The van der Waals surface area contributed by atoms with E-state index in [1.165, 1.54) is 0 Å². The number of amides is 2. The van der Waals surface area contributed by atoms with Crippen molar-refractivity contribution in [3.05, 3.63) is 83.4 Å². The third-order valence-electron chi connectivity index (χ3n) is 4.53. The van der Waals surface area contributed by atoms with Crippen LogP contribution in [0.25, 0.3) is 10.8 Å². The molecule has 4 nitrogen and oxygen atoms in total. The lowest BCUT2D eigenvalue weighted by Crippen LogP contribution is -2.38. The number of hydrogen-bond acceptors (Lipinski definition) is 2. The second kappa shape index (κ2) is 8.34. The van der Waals surface area contributed by atoms with Crippen LogP contribution < -0.4 is 10.6 Å². The summed E-state index contributed by atoms with van der Waals surface area (Å²) in [5, 5.41) is 7.36. The first-order valence-electron chi connectivity index (χ1n) is 8.97. The second-order valence-electron chi connectivity index (χ2n) is 6.65. The Hall–Kier alpha value is -3.35. The molecule has 0 aliphatic carbocycles. The molecule has 3 rings (SSSR count). The van der Waals surface area contributed by atoms with Crippen molar-refractivity contribution in [2.24, 2.45) is 0 Å². The zero-order valence-corrected chi connectivity index (χ0v) is 15.6. The monoisotopic (exact) mass is 400 g/mol. The summed E-state index contributed by atoms with van der Waals surface area (Å²) < 4.78 is 37.7. The average Bonchev–Trinajstić information content (AvgIpc) is 2.71. The van der Waals surface area contributed by atoms with Crippen molar-refractivity contribution >= 4 is 22.6 Å². The summed E-state index contributed by atoms with van der Waals surface area (Å²) in [7, 11) is 0. The van der Waals surface area contributed by atoms with Gasteiger partial charge in [-0.15, -0.1) is 0 Å². The molecule has 150 valence electrons. The number of fused-ring (bicyclic) bond motifs is 1. The van der Waals surface area contributed by atoms with Gasteiger partial charge in [0.05, 0.1) is 18.2 Å². The molecule has 0 heterocycles. The van der Waals surface area contributed by atoms with Crippen LogP contribution in [0.15, 0.2) is 66.7 Å². The fourth-order valence-electron chi connectivity index (χ4n) is 2.93. The summed E-state index contributed by atoms with van der Waals surface area (Å²) in [6, 6.07) is 17.3. The predicted octanol–water partition coefficient (Wildman–Crippen LogP) is 4.47. The van der Waals surface area contributed by atoms with Crippen molar-refractivity contribution in [3.8, 4) is 0 Å². The maximum atomic E-state index is 12.6. The number of halogens is 3. The van der Waals surface area contributed by atoms with Crippen molar-refractivity contribution in [2.75, 3.05) is 6.54 Å². The lowest BCUT2D eigenvalue weighted by atomic mass is 10.0. The summed E-state index contributed by atoms with van der Waals surface area (Å²) >= 11 is 0. The lowest BCUT2D eigenvalue weighted by Gasteiger charge is -2.15. The highest BCUT2D eigenvalue weighted by atomic mass is 19.4. The van der Waals surface area contributed by atoms with Gasteiger partial charge in [-0.05, 0) is 53.6 Å². The first kappa shape index (κ1) is 20.4. The molecule has 0 aliphatic rings.